The first-order valence-corrected chi connectivity index (χ1v) is 10.8. The molecule has 158 valence electrons. The van der Waals surface area contributed by atoms with E-state index < -0.39 is 12.2 Å². The highest BCUT2D eigenvalue weighted by atomic mass is 35.5. The van der Waals surface area contributed by atoms with E-state index in [4.69, 9.17) is 16.3 Å². The second-order valence-corrected chi connectivity index (χ2v) is 8.25. The van der Waals surface area contributed by atoms with Gasteiger partial charge in [0.25, 0.3) is 0 Å². The number of cyclic esters (lactones) is 1. The van der Waals surface area contributed by atoms with Gasteiger partial charge < -0.3 is 9.84 Å². The first-order valence-electron chi connectivity index (χ1n) is 10.4. The number of fused-ring (bicyclic) bond motifs is 2. The topological polar surface area (TPSA) is 59.4 Å². The maximum Gasteiger partial charge on any atom is 0.339 e. The van der Waals surface area contributed by atoms with Gasteiger partial charge in [-0.05, 0) is 47.5 Å². The summed E-state index contributed by atoms with van der Waals surface area (Å²) in [4.78, 5) is 16.7. The molecule has 32 heavy (non-hydrogen) atoms. The minimum absolute atomic E-state index is 0.308. The van der Waals surface area contributed by atoms with Crippen molar-refractivity contribution in [2.24, 2.45) is 0 Å². The molecular weight excluding hydrogens is 422 g/mol. The molecule has 0 amide bonds. The lowest BCUT2D eigenvalue weighted by Gasteiger charge is -2.16. The quantitative estimate of drug-likeness (QED) is 0.364. The van der Waals surface area contributed by atoms with Gasteiger partial charge in [-0.25, -0.2) is 9.78 Å². The molecule has 0 bridgehead atoms. The molecule has 5 rings (SSSR count). The molecule has 0 fully saturated rings. The van der Waals surface area contributed by atoms with Gasteiger partial charge in [-0.2, -0.15) is 0 Å². The minimum atomic E-state index is -0.756. The van der Waals surface area contributed by atoms with Crippen molar-refractivity contribution in [2.75, 3.05) is 0 Å². The fourth-order valence-electron chi connectivity index (χ4n) is 3.98. The Morgan fingerprint density at radius 2 is 1.84 bits per heavy atom. The van der Waals surface area contributed by atoms with Crippen LogP contribution in [0.15, 0.2) is 78.9 Å². The predicted octanol–water partition coefficient (Wildman–Crippen LogP) is 6.39. The Balaban J connectivity index is 1.33. The molecule has 1 aliphatic rings. The summed E-state index contributed by atoms with van der Waals surface area (Å²) in [5.74, 6) is -0.335. The van der Waals surface area contributed by atoms with Gasteiger partial charge in [-0.1, -0.05) is 66.2 Å². The van der Waals surface area contributed by atoms with Crippen LogP contribution >= 0.6 is 11.6 Å². The van der Waals surface area contributed by atoms with Crippen molar-refractivity contribution < 1.29 is 14.6 Å². The normalized spacial score (nSPS) is 16.3. The molecule has 0 radical (unpaired) electrons. The van der Waals surface area contributed by atoms with Crippen molar-refractivity contribution in [3.63, 3.8) is 0 Å². The molecule has 1 N–H and O–H groups in total. The van der Waals surface area contributed by atoms with Gasteiger partial charge in [0.05, 0.1) is 22.9 Å². The Kier molecular flexibility index (Phi) is 5.48. The molecule has 2 atom stereocenters. The summed E-state index contributed by atoms with van der Waals surface area (Å²) in [5.41, 5.74) is 4.78. The number of nitrogens with zero attached hydrogens (tertiary/aromatic N) is 1. The molecule has 5 heteroatoms. The van der Waals surface area contributed by atoms with Crippen LogP contribution in [-0.2, 0) is 4.74 Å². The lowest BCUT2D eigenvalue weighted by Crippen LogP contribution is -2.06. The molecule has 0 spiro atoms. The van der Waals surface area contributed by atoms with E-state index in [1.54, 1.807) is 6.07 Å². The van der Waals surface area contributed by atoms with Gasteiger partial charge in [0.2, 0.25) is 0 Å². The van der Waals surface area contributed by atoms with E-state index in [2.05, 4.69) is 4.98 Å². The van der Waals surface area contributed by atoms with Crippen molar-refractivity contribution in [1.82, 2.24) is 4.98 Å². The number of pyridine rings is 1. The summed E-state index contributed by atoms with van der Waals surface area (Å²) in [5, 5.41) is 12.5. The first kappa shape index (κ1) is 20.4. The number of hydrogen-bond acceptors (Lipinski definition) is 4. The van der Waals surface area contributed by atoms with Crippen LogP contribution in [0.3, 0.4) is 0 Å². The molecule has 4 nitrogen and oxygen atoms in total. The standard InChI is InChI=1S/C27H20ClNO3/c28-20-11-9-18-10-13-21(29-24(18)15-20)12-8-17-4-3-5-19(14-17)25(30)16-26-22-6-1-2-7-23(22)27(31)32-26/h1-15,25-26,30H,16H2/t25-,26-/m0/s1. The predicted molar refractivity (Wildman–Crippen MR) is 126 cm³/mol. The van der Waals surface area contributed by atoms with Gasteiger partial charge in [0, 0.05) is 22.4 Å². The monoisotopic (exact) mass is 441 g/mol. The van der Waals surface area contributed by atoms with E-state index in [0.717, 1.165) is 33.3 Å². The molecule has 0 unspecified atom stereocenters. The van der Waals surface area contributed by atoms with Crippen molar-refractivity contribution in [3.8, 4) is 0 Å². The minimum Gasteiger partial charge on any atom is -0.454 e. The maximum absolute atomic E-state index is 12.0. The molecule has 3 aromatic carbocycles. The summed E-state index contributed by atoms with van der Waals surface area (Å²) >= 11 is 6.08. The van der Waals surface area contributed by atoms with Crippen LogP contribution in [0.1, 0.15) is 51.4 Å². The number of carbonyl (C=O) groups excluding carboxylic acids is 1. The van der Waals surface area contributed by atoms with Gasteiger partial charge in [0.15, 0.2) is 0 Å². The van der Waals surface area contributed by atoms with E-state index in [1.165, 1.54) is 0 Å². The number of aromatic nitrogens is 1. The number of esters is 1. The zero-order chi connectivity index (χ0) is 22.1. The Hall–Kier alpha value is -3.47. The second-order valence-electron chi connectivity index (χ2n) is 7.81. The zero-order valence-corrected chi connectivity index (χ0v) is 17.9. The Bertz CT molecular complexity index is 1350. The number of ether oxygens (including phenoxy) is 1. The second kappa shape index (κ2) is 8.58. The molecule has 4 aromatic rings. The van der Waals surface area contributed by atoms with Crippen LogP contribution in [0, 0.1) is 0 Å². The molecule has 1 aliphatic heterocycles. The highest BCUT2D eigenvalue weighted by molar-refractivity contribution is 6.31. The van der Waals surface area contributed by atoms with E-state index >= 15 is 0 Å². The van der Waals surface area contributed by atoms with Crippen molar-refractivity contribution in [3.05, 3.63) is 112 Å². The number of rotatable bonds is 5. The average Bonchev–Trinajstić information content (AvgIpc) is 3.13. The Labute approximate surface area is 190 Å². The van der Waals surface area contributed by atoms with Gasteiger partial charge in [-0.3, -0.25) is 0 Å². The van der Waals surface area contributed by atoms with Crippen LogP contribution in [0.25, 0.3) is 23.1 Å². The summed E-state index contributed by atoms with van der Waals surface area (Å²) in [7, 11) is 0. The fourth-order valence-corrected chi connectivity index (χ4v) is 4.15. The molecule has 0 aliphatic carbocycles. The third-order valence-corrected chi connectivity index (χ3v) is 5.87. The molecule has 1 aromatic heterocycles. The Morgan fingerprint density at radius 3 is 2.75 bits per heavy atom. The van der Waals surface area contributed by atoms with Crippen molar-refractivity contribution in [2.45, 2.75) is 18.6 Å². The zero-order valence-electron chi connectivity index (χ0n) is 17.1. The van der Waals surface area contributed by atoms with E-state index in [0.29, 0.717) is 17.0 Å². The lowest BCUT2D eigenvalue weighted by atomic mass is 9.96. The smallest absolute Gasteiger partial charge is 0.339 e. The van der Waals surface area contributed by atoms with Crippen molar-refractivity contribution in [1.29, 1.82) is 0 Å². The molecule has 0 saturated carbocycles. The number of halogens is 1. The first-order chi connectivity index (χ1) is 15.6. The highest BCUT2D eigenvalue weighted by Gasteiger charge is 2.32. The number of aliphatic hydroxyl groups excluding tert-OH is 1. The van der Waals surface area contributed by atoms with Crippen LogP contribution in [0.5, 0.6) is 0 Å². The van der Waals surface area contributed by atoms with E-state index in [-0.39, 0.29) is 5.97 Å². The third-order valence-electron chi connectivity index (χ3n) is 5.63. The fraction of sp³-hybridized carbons (Fsp3) is 0.111. The van der Waals surface area contributed by atoms with Crippen LogP contribution in [0.4, 0.5) is 0 Å². The SMILES string of the molecule is O=C1O[C@@H](C[C@H](O)c2cccc(C=Cc3ccc4ccc(Cl)cc4n3)c2)c2ccccc21. The van der Waals surface area contributed by atoms with Crippen LogP contribution < -0.4 is 0 Å². The number of hydrogen-bond donors (Lipinski definition) is 1. The van der Waals surface area contributed by atoms with E-state index in [9.17, 15) is 9.90 Å². The van der Waals surface area contributed by atoms with Crippen LogP contribution in [0.2, 0.25) is 5.02 Å². The van der Waals surface area contributed by atoms with Crippen LogP contribution in [-0.4, -0.2) is 16.1 Å². The molecule has 2 heterocycles. The number of carbonyl (C=O) groups is 1. The van der Waals surface area contributed by atoms with Crippen molar-refractivity contribution >= 4 is 40.6 Å². The third kappa shape index (κ3) is 4.15. The summed E-state index contributed by atoms with van der Waals surface area (Å²) in [6, 6.07) is 24.6. The largest absolute Gasteiger partial charge is 0.454 e. The molecular formula is C27H20ClNO3. The average molecular weight is 442 g/mol. The summed E-state index contributed by atoms with van der Waals surface area (Å²) in [6.07, 6.45) is 3.00. The lowest BCUT2D eigenvalue weighted by molar-refractivity contribution is 0.0234. The Morgan fingerprint density at radius 1 is 1.00 bits per heavy atom. The van der Waals surface area contributed by atoms with Gasteiger partial charge >= 0.3 is 5.97 Å². The van der Waals surface area contributed by atoms with E-state index in [1.807, 2.05) is 84.9 Å². The molecule has 0 saturated heterocycles. The highest BCUT2D eigenvalue weighted by Crippen LogP contribution is 2.37. The van der Waals surface area contributed by atoms with Gasteiger partial charge in [0.1, 0.15) is 6.10 Å². The number of aliphatic hydroxyl groups is 1. The summed E-state index contributed by atoms with van der Waals surface area (Å²) < 4.78 is 5.47. The summed E-state index contributed by atoms with van der Waals surface area (Å²) in [6.45, 7) is 0. The number of benzene rings is 3. The van der Waals surface area contributed by atoms with Gasteiger partial charge in [-0.15, -0.1) is 0 Å². The maximum atomic E-state index is 12.0.